The highest BCUT2D eigenvalue weighted by Gasteiger charge is 2.51. The Bertz CT molecular complexity index is 4020. The summed E-state index contributed by atoms with van der Waals surface area (Å²) in [6.07, 6.45) is 0.0927. The van der Waals surface area contributed by atoms with Gasteiger partial charge in [0.25, 0.3) is 18.4 Å². The lowest BCUT2D eigenvalue weighted by Crippen LogP contribution is -2.68. The number of amides is 1. The number of fused-ring (bicyclic) bond motifs is 1. The normalized spacial score (nSPS) is 12.7. The molecule has 0 fully saturated rings. The molecule has 1 unspecified atom stereocenters. The quantitative estimate of drug-likeness (QED) is 0.0156. The van der Waals surface area contributed by atoms with Crippen LogP contribution in [0.15, 0.2) is 143 Å². The van der Waals surface area contributed by atoms with Crippen LogP contribution >= 0.6 is 22.7 Å². The molecular weight excluding hydrogens is 1260 g/mol. The first-order chi connectivity index (χ1) is 43.6. The van der Waals surface area contributed by atoms with Crippen LogP contribution in [0, 0.1) is 31.5 Å². The molecule has 0 spiro atoms. The predicted molar refractivity (Wildman–Crippen MR) is 368 cm³/mol. The summed E-state index contributed by atoms with van der Waals surface area (Å²) >= 11 is 2.82. The van der Waals surface area contributed by atoms with E-state index in [9.17, 15) is 18.0 Å². The van der Waals surface area contributed by atoms with E-state index in [0.29, 0.717) is 76.6 Å². The second-order valence-electron chi connectivity index (χ2n) is 25.7. The van der Waals surface area contributed by atoms with Crippen molar-refractivity contribution in [2.24, 2.45) is 4.99 Å². The van der Waals surface area contributed by atoms with E-state index >= 15 is 4.39 Å². The van der Waals surface area contributed by atoms with Crippen LogP contribution in [0.2, 0.25) is 30.7 Å². The highest BCUT2D eigenvalue weighted by molar-refractivity contribution is 7.86. The van der Waals surface area contributed by atoms with Gasteiger partial charge in [0.05, 0.1) is 48.1 Å². The Kier molecular flexibility index (Phi) is 23.8. The number of halogens is 1. The predicted octanol–water partition coefficient (Wildman–Crippen LogP) is 13.5. The summed E-state index contributed by atoms with van der Waals surface area (Å²) in [5, 5.41) is 11.6. The average Bonchev–Trinajstić information content (AvgIpc) is 0.905. The fourth-order valence-electron chi connectivity index (χ4n) is 10.1. The van der Waals surface area contributed by atoms with Crippen molar-refractivity contribution >= 4 is 98.6 Å². The Hall–Kier alpha value is -7.41. The van der Waals surface area contributed by atoms with Crippen LogP contribution in [-0.2, 0) is 46.1 Å². The van der Waals surface area contributed by atoms with Crippen LogP contribution in [0.1, 0.15) is 92.9 Å². The lowest BCUT2D eigenvalue weighted by atomic mass is 10.2. The van der Waals surface area contributed by atoms with Crippen LogP contribution in [0.5, 0.6) is 5.75 Å². The zero-order chi connectivity index (χ0) is 66.4. The average molecular weight is 1340 g/mol. The summed E-state index contributed by atoms with van der Waals surface area (Å²) in [4.78, 5) is 40.7. The lowest BCUT2D eigenvalue weighted by molar-refractivity contribution is 0.0320. The summed E-state index contributed by atoms with van der Waals surface area (Å²) in [6.45, 7) is 23.7. The second kappa shape index (κ2) is 31.0. The number of methoxy groups -OCH3 is 1. The number of thiazole rings is 2. The summed E-state index contributed by atoms with van der Waals surface area (Å²) in [6, 6.07) is 42.3. The largest absolute Gasteiger partial charge is 0.491 e. The summed E-state index contributed by atoms with van der Waals surface area (Å²) in [5.41, 5.74) is 2.46. The highest BCUT2D eigenvalue weighted by Crippen LogP contribution is 2.39. The number of esters is 1. The number of hydrogen-bond acceptors (Lipinski definition) is 17. The van der Waals surface area contributed by atoms with Gasteiger partial charge in [-0.3, -0.25) is 8.75 Å². The maximum Gasteiger partial charge on any atom is 0.410 e. The van der Waals surface area contributed by atoms with Gasteiger partial charge in [0.2, 0.25) is 0 Å². The molecule has 0 bridgehead atoms. The molecular formula is C69H84FN7O10S3Si2. The Morgan fingerprint density at radius 1 is 0.826 bits per heavy atom. The third kappa shape index (κ3) is 18.7. The van der Waals surface area contributed by atoms with E-state index in [4.69, 9.17) is 47.7 Å². The standard InChI is InChI=1S/C69H84FN7O10S3Si2/c1-49-34-37-53(38-35-49)90(80,81)85-47-52(87-92(69(6,7)8,54-27-16-14-17-28-54)55-29-18-15-19-30-55)26-23-41-76(61-45-50(2)63(74-73-61)72-66-77(48-83-43-44-91(11,12)13)57-31-20-21-32-59(57)88-66)65-71-62(64(78)82-10)60(89-65)33-24-42-84-58-39-36-51(46-56(58)70)25-22-40-75(9)67(79)86-68(3,4)5/h14-21,27-32,34-39,45-46,52H,23-24,26,33,40-44,47-48H2,1-13H3. The number of hydrogen-bond donors (Lipinski definition) is 0. The van der Waals surface area contributed by atoms with Gasteiger partial charge < -0.3 is 33.2 Å². The van der Waals surface area contributed by atoms with Gasteiger partial charge in [-0.25, -0.2) is 19.0 Å². The van der Waals surface area contributed by atoms with Gasteiger partial charge in [0.15, 0.2) is 38.8 Å². The minimum absolute atomic E-state index is 0.0262. The van der Waals surface area contributed by atoms with Gasteiger partial charge in [0.1, 0.15) is 12.3 Å². The van der Waals surface area contributed by atoms with Crippen LogP contribution in [0.4, 0.5) is 26.0 Å². The van der Waals surface area contributed by atoms with E-state index in [2.05, 4.69) is 93.2 Å². The molecule has 0 saturated carbocycles. The molecule has 0 radical (unpaired) electrons. The van der Waals surface area contributed by atoms with Gasteiger partial charge in [-0.05, 0) is 136 Å². The molecule has 3 aromatic heterocycles. The Morgan fingerprint density at radius 2 is 1.50 bits per heavy atom. The van der Waals surface area contributed by atoms with Gasteiger partial charge in [-0.15, -0.1) is 21.5 Å². The molecule has 1 amide bonds. The number of para-hydroxylation sites is 1. The SMILES string of the molecule is COC(=O)c1nc(N(CCCC(COS(=O)(=O)c2ccc(C)cc2)O[Si](c2ccccc2)(c2ccccc2)C(C)(C)C)c2cc(C)c(N=c3sc4ccccc4n3COCC[Si](C)(C)C)nn2)sc1CCCOc1ccc(C#CCN(C)C(=O)OC(C)(C)C)cc1F. The topological polar surface area (TPSA) is 186 Å². The van der Waals surface area contributed by atoms with E-state index in [1.807, 2.05) is 73.3 Å². The molecule has 0 aliphatic heterocycles. The van der Waals surface area contributed by atoms with Crippen molar-refractivity contribution in [2.75, 3.05) is 52.0 Å². The number of aryl methyl sites for hydroxylation is 3. The van der Waals surface area contributed by atoms with Crippen molar-refractivity contribution in [3.8, 4) is 17.6 Å². The first kappa shape index (κ1) is 70.5. The van der Waals surface area contributed by atoms with E-state index < -0.39 is 61.1 Å². The fraction of sp³-hybridized carbons (Fsp3) is 0.391. The highest BCUT2D eigenvalue weighted by atomic mass is 32.2. The number of carbonyl (C=O) groups excluding carboxylic acids is 2. The van der Waals surface area contributed by atoms with Crippen molar-refractivity contribution in [1.82, 2.24) is 24.6 Å². The lowest BCUT2D eigenvalue weighted by Gasteiger charge is -2.45. The van der Waals surface area contributed by atoms with Gasteiger partial charge in [-0.1, -0.05) is 154 Å². The summed E-state index contributed by atoms with van der Waals surface area (Å²) < 4.78 is 83.3. The molecule has 0 saturated heterocycles. The van der Waals surface area contributed by atoms with Gasteiger partial charge >= 0.3 is 12.1 Å². The number of carbonyl (C=O) groups is 2. The molecule has 23 heteroatoms. The number of ether oxygens (including phenoxy) is 4. The number of aromatic nitrogens is 4. The third-order valence-corrected chi connectivity index (χ3v) is 25.2. The summed E-state index contributed by atoms with van der Waals surface area (Å²) in [5.74, 6) is 5.37. The van der Waals surface area contributed by atoms with Crippen molar-refractivity contribution in [3.63, 3.8) is 0 Å². The molecule has 8 aromatic rings. The minimum Gasteiger partial charge on any atom is -0.491 e. The van der Waals surface area contributed by atoms with Crippen molar-refractivity contribution < 1.29 is 50.0 Å². The Labute approximate surface area is 550 Å². The van der Waals surface area contributed by atoms with Crippen molar-refractivity contribution in [3.05, 3.63) is 171 Å². The molecule has 0 aliphatic rings. The second-order valence-corrected chi connectivity index (χ2v) is 39.3. The zero-order valence-electron chi connectivity index (χ0n) is 54.9. The van der Waals surface area contributed by atoms with Gasteiger partial charge in [0, 0.05) is 38.7 Å². The number of nitrogens with zero attached hydrogens (tertiary/aromatic N) is 7. The number of anilines is 2. The minimum atomic E-state index is -4.23. The van der Waals surface area contributed by atoms with Gasteiger partial charge in [-0.2, -0.15) is 13.4 Å². The molecule has 0 N–H and O–H groups in total. The maximum absolute atomic E-state index is 15.5. The first-order valence-electron chi connectivity index (χ1n) is 30.7. The smallest absolute Gasteiger partial charge is 0.410 e. The maximum atomic E-state index is 15.5. The first-order valence-corrected chi connectivity index (χ1v) is 39.3. The Balaban J connectivity index is 1.12. The zero-order valence-corrected chi connectivity index (χ0v) is 59.3. The molecule has 17 nitrogen and oxygen atoms in total. The van der Waals surface area contributed by atoms with Crippen LogP contribution in [0.25, 0.3) is 10.2 Å². The van der Waals surface area contributed by atoms with Crippen LogP contribution in [-0.4, -0.2) is 120 Å². The molecule has 3 heterocycles. The van der Waals surface area contributed by atoms with E-state index in [1.54, 1.807) is 58.2 Å². The molecule has 488 valence electrons. The number of rotatable bonds is 27. The van der Waals surface area contributed by atoms with E-state index in [1.165, 1.54) is 46.8 Å². The van der Waals surface area contributed by atoms with E-state index in [0.717, 1.165) is 32.2 Å². The molecule has 1 atom stereocenters. The Morgan fingerprint density at radius 3 is 2.13 bits per heavy atom. The number of benzene rings is 5. The molecule has 0 aliphatic carbocycles. The monoisotopic (exact) mass is 1340 g/mol. The van der Waals surface area contributed by atoms with Crippen LogP contribution < -0.4 is 24.8 Å². The van der Waals surface area contributed by atoms with Crippen molar-refractivity contribution in [1.29, 1.82) is 0 Å². The van der Waals surface area contributed by atoms with Crippen LogP contribution in [0.3, 0.4) is 0 Å². The molecule has 5 aromatic carbocycles. The fourth-order valence-corrected chi connectivity index (χ4v) is 18.6. The molecule has 8 rings (SSSR count). The third-order valence-electron chi connectivity index (χ3n) is 14.9. The van der Waals surface area contributed by atoms with E-state index in [-0.39, 0.29) is 42.6 Å². The van der Waals surface area contributed by atoms with Crippen molar-refractivity contribution in [2.45, 2.75) is 135 Å². The molecule has 92 heavy (non-hydrogen) atoms. The summed E-state index contributed by atoms with van der Waals surface area (Å²) in [7, 11) is -6.01.